The summed E-state index contributed by atoms with van der Waals surface area (Å²) in [5.74, 6) is 0.00367. The molecule has 0 spiro atoms. The number of nitrogens with two attached hydrogens (primary N) is 1. The molecule has 3 aromatic rings. The minimum absolute atomic E-state index is 0.0763. The number of rotatable bonds is 2. The van der Waals surface area contributed by atoms with E-state index in [1.165, 1.54) is 6.20 Å². The molecule has 1 aromatic carbocycles. The van der Waals surface area contributed by atoms with Crippen LogP contribution in [0.4, 0.5) is 11.5 Å². The van der Waals surface area contributed by atoms with Crippen LogP contribution in [0.1, 0.15) is 16.1 Å². The van der Waals surface area contributed by atoms with Crippen LogP contribution in [0, 0.1) is 6.92 Å². The molecule has 0 saturated carbocycles. The van der Waals surface area contributed by atoms with Gasteiger partial charge < -0.3 is 15.5 Å². The molecule has 3 rings (SSSR count). The Morgan fingerprint density at radius 2 is 2.14 bits per heavy atom. The number of anilines is 2. The van der Waals surface area contributed by atoms with Crippen molar-refractivity contribution in [2.45, 2.75) is 6.92 Å². The molecule has 6 heteroatoms. The Kier molecular flexibility index (Phi) is 3.27. The van der Waals surface area contributed by atoms with Gasteiger partial charge in [-0.15, -0.1) is 0 Å². The fraction of sp³-hybridized carbons (Fsp3) is 0.0667. The van der Waals surface area contributed by atoms with Crippen LogP contribution in [0.25, 0.3) is 11.0 Å². The second-order valence-electron chi connectivity index (χ2n) is 4.66. The van der Waals surface area contributed by atoms with Crippen LogP contribution in [-0.4, -0.2) is 10.9 Å². The molecule has 2 heterocycles. The zero-order chi connectivity index (χ0) is 15.0. The van der Waals surface area contributed by atoms with Crippen molar-refractivity contribution in [2.24, 2.45) is 0 Å². The Labute approximate surface area is 125 Å². The smallest absolute Gasteiger partial charge is 0.294 e. The predicted molar refractivity (Wildman–Crippen MR) is 82.6 cm³/mol. The van der Waals surface area contributed by atoms with Gasteiger partial charge >= 0.3 is 0 Å². The number of halogens is 1. The number of aryl methyl sites for hydroxylation is 1. The average Bonchev–Trinajstić information content (AvgIpc) is 2.79. The van der Waals surface area contributed by atoms with E-state index in [1.807, 2.05) is 19.1 Å². The summed E-state index contributed by atoms with van der Waals surface area (Å²) in [6, 6.07) is 8.80. The number of nitrogens with zero attached hydrogens (tertiary/aromatic N) is 1. The molecule has 0 bridgehead atoms. The maximum Gasteiger partial charge on any atom is 0.294 e. The number of carbonyl (C=O) groups is 1. The van der Waals surface area contributed by atoms with Gasteiger partial charge in [-0.25, -0.2) is 4.98 Å². The molecule has 21 heavy (non-hydrogen) atoms. The van der Waals surface area contributed by atoms with Crippen molar-refractivity contribution in [3.05, 3.63) is 52.9 Å². The molecule has 0 radical (unpaired) electrons. The lowest BCUT2D eigenvalue weighted by Gasteiger charge is -2.02. The van der Waals surface area contributed by atoms with Crippen LogP contribution in [0.2, 0.25) is 5.02 Å². The molecule has 0 atom stereocenters. The monoisotopic (exact) mass is 301 g/mol. The molecule has 106 valence electrons. The summed E-state index contributed by atoms with van der Waals surface area (Å²) >= 11 is 5.74. The van der Waals surface area contributed by atoms with Crippen LogP contribution in [0.15, 0.2) is 40.9 Å². The second kappa shape index (κ2) is 5.10. The van der Waals surface area contributed by atoms with Gasteiger partial charge in [0.2, 0.25) is 5.76 Å². The van der Waals surface area contributed by atoms with Crippen molar-refractivity contribution in [2.75, 3.05) is 11.1 Å². The lowest BCUT2D eigenvalue weighted by atomic mass is 10.1. The topological polar surface area (TPSA) is 81.2 Å². The van der Waals surface area contributed by atoms with Crippen molar-refractivity contribution in [1.82, 2.24) is 4.98 Å². The number of hydrogen-bond acceptors (Lipinski definition) is 4. The highest BCUT2D eigenvalue weighted by Gasteiger charge is 2.19. The number of carbonyl (C=O) groups excluding carboxylic acids is 1. The van der Waals surface area contributed by atoms with Gasteiger partial charge in [0.1, 0.15) is 11.4 Å². The highest BCUT2D eigenvalue weighted by molar-refractivity contribution is 6.30. The van der Waals surface area contributed by atoms with Gasteiger partial charge in [-0.2, -0.15) is 0 Å². The Balaban J connectivity index is 1.94. The quantitative estimate of drug-likeness (QED) is 0.757. The number of furan rings is 1. The SMILES string of the molecule is Cc1ccc2oc(C(=O)Nc3ccc(Cl)cn3)c(N)c2c1. The third kappa shape index (κ3) is 2.55. The Morgan fingerprint density at radius 1 is 1.33 bits per heavy atom. The number of fused-ring (bicyclic) bond motifs is 1. The van der Waals surface area contributed by atoms with Gasteiger partial charge in [0.15, 0.2) is 0 Å². The molecule has 2 aromatic heterocycles. The molecule has 0 fully saturated rings. The molecular formula is C15H12ClN3O2. The molecule has 5 nitrogen and oxygen atoms in total. The Morgan fingerprint density at radius 3 is 2.86 bits per heavy atom. The summed E-state index contributed by atoms with van der Waals surface area (Å²) in [7, 11) is 0. The van der Waals surface area contributed by atoms with E-state index in [0.717, 1.165) is 10.9 Å². The van der Waals surface area contributed by atoms with E-state index in [9.17, 15) is 4.79 Å². The van der Waals surface area contributed by atoms with E-state index in [4.69, 9.17) is 21.8 Å². The van der Waals surface area contributed by atoms with Crippen molar-refractivity contribution in [1.29, 1.82) is 0 Å². The van der Waals surface area contributed by atoms with E-state index in [2.05, 4.69) is 10.3 Å². The number of nitrogens with one attached hydrogen (secondary N) is 1. The minimum atomic E-state index is -0.448. The van der Waals surface area contributed by atoms with Gasteiger partial charge in [-0.05, 0) is 31.2 Å². The zero-order valence-electron chi connectivity index (χ0n) is 11.2. The van der Waals surface area contributed by atoms with E-state index >= 15 is 0 Å². The van der Waals surface area contributed by atoms with E-state index in [0.29, 0.717) is 22.1 Å². The van der Waals surface area contributed by atoms with Crippen LogP contribution in [0.5, 0.6) is 0 Å². The molecule has 0 unspecified atom stereocenters. The van der Waals surface area contributed by atoms with Crippen molar-refractivity contribution in [3.8, 4) is 0 Å². The maximum atomic E-state index is 12.2. The Bertz CT molecular complexity index is 825. The summed E-state index contributed by atoms with van der Waals surface area (Å²) in [6.45, 7) is 1.95. The standard InChI is InChI=1S/C15H12ClN3O2/c1-8-2-4-11-10(6-8)13(17)14(21-11)15(20)19-12-5-3-9(16)7-18-12/h2-7H,17H2,1H3,(H,18,19,20). The summed E-state index contributed by atoms with van der Waals surface area (Å²) in [4.78, 5) is 16.2. The molecule has 0 saturated heterocycles. The maximum absolute atomic E-state index is 12.2. The van der Waals surface area contributed by atoms with Crippen molar-refractivity contribution < 1.29 is 9.21 Å². The van der Waals surface area contributed by atoms with Crippen molar-refractivity contribution in [3.63, 3.8) is 0 Å². The fourth-order valence-electron chi connectivity index (χ4n) is 2.02. The number of pyridine rings is 1. The highest BCUT2D eigenvalue weighted by atomic mass is 35.5. The lowest BCUT2D eigenvalue weighted by molar-refractivity contribution is 0.0999. The first-order chi connectivity index (χ1) is 10.0. The fourth-order valence-corrected chi connectivity index (χ4v) is 2.13. The summed E-state index contributed by atoms with van der Waals surface area (Å²) in [5.41, 5.74) is 7.93. The first kappa shape index (κ1) is 13.5. The third-order valence-corrected chi connectivity index (χ3v) is 3.28. The summed E-state index contributed by atoms with van der Waals surface area (Å²) < 4.78 is 5.52. The number of benzene rings is 1. The second-order valence-corrected chi connectivity index (χ2v) is 5.10. The van der Waals surface area contributed by atoms with Crippen LogP contribution in [-0.2, 0) is 0 Å². The number of nitrogen functional groups attached to an aromatic ring is 1. The summed E-state index contributed by atoms with van der Waals surface area (Å²) in [5, 5.41) is 3.84. The minimum Gasteiger partial charge on any atom is -0.449 e. The Hall–Kier alpha value is -2.53. The summed E-state index contributed by atoms with van der Waals surface area (Å²) in [6.07, 6.45) is 1.45. The third-order valence-electron chi connectivity index (χ3n) is 3.06. The number of hydrogen-bond donors (Lipinski definition) is 2. The molecule has 0 aliphatic carbocycles. The largest absolute Gasteiger partial charge is 0.449 e. The first-order valence-corrected chi connectivity index (χ1v) is 6.64. The van der Waals surface area contributed by atoms with Gasteiger partial charge in [0, 0.05) is 11.6 Å². The average molecular weight is 302 g/mol. The molecular weight excluding hydrogens is 290 g/mol. The molecule has 3 N–H and O–H groups in total. The first-order valence-electron chi connectivity index (χ1n) is 6.26. The zero-order valence-corrected chi connectivity index (χ0v) is 11.9. The lowest BCUT2D eigenvalue weighted by Crippen LogP contribution is -2.13. The van der Waals surface area contributed by atoms with E-state index < -0.39 is 5.91 Å². The van der Waals surface area contributed by atoms with Crippen LogP contribution in [0.3, 0.4) is 0 Å². The number of aromatic nitrogens is 1. The van der Waals surface area contributed by atoms with Gasteiger partial charge in [0.05, 0.1) is 10.7 Å². The van der Waals surface area contributed by atoms with Gasteiger partial charge in [-0.3, -0.25) is 4.79 Å². The van der Waals surface area contributed by atoms with E-state index in [1.54, 1.807) is 18.2 Å². The van der Waals surface area contributed by atoms with Crippen LogP contribution < -0.4 is 11.1 Å². The number of amides is 1. The predicted octanol–water partition coefficient (Wildman–Crippen LogP) is 3.62. The van der Waals surface area contributed by atoms with Crippen LogP contribution >= 0.6 is 11.6 Å². The van der Waals surface area contributed by atoms with Gasteiger partial charge in [0.25, 0.3) is 5.91 Å². The molecule has 1 amide bonds. The normalized spacial score (nSPS) is 10.8. The molecule has 0 aliphatic heterocycles. The molecule has 0 aliphatic rings. The van der Waals surface area contributed by atoms with E-state index in [-0.39, 0.29) is 5.76 Å². The highest BCUT2D eigenvalue weighted by Crippen LogP contribution is 2.29. The van der Waals surface area contributed by atoms with Crippen molar-refractivity contribution >= 4 is 40.0 Å². The van der Waals surface area contributed by atoms with Gasteiger partial charge in [-0.1, -0.05) is 23.2 Å².